The molecule has 1 aliphatic heterocycles. The Hall–Kier alpha value is 1.02. The first-order valence-electron chi connectivity index (χ1n) is 5.61. The monoisotopic (exact) mass is 288 g/mol. The molecule has 1 N–H and O–H groups in total. The van der Waals surface area contributed by atoms with Crippen molar-refractivity contribution in [1.82, 2.24) is 0 Å². The van der Waals surface area contributed by atoms with Crippen LogP contribution in [0.2, 0.25) is 0 Å². The normalized spacial score (nSPS) is 43.2. The molecule has 0 aromatic heterocycles. The molecular formula is C12H23O2Y-. The maximum atomic E-state index is 9.74. The molecule has 0 aromatic carbocycles. The van der Waals surface area contributed by atoms with Gasteiger partial charge in [0.15, 0.2) is 6.29 Å². The second-order valence-electron chi connectivity index (χ2n) is 4.83. The van der Waals surface area contributed by atoms with Gasteiger partial charge in [-0.1, -0.05) is 27.7 Å². The molecule has 1 radical (unpaired) electrons. The van der Waals surface area contributed by atoms with E-state index in [0.29, 0.717) is 17.8 Å². The van der Waals surface area contributed by atoms with E-state index in [1.165, 1.54) is 0 Å². The van der Waals surface area contributed by atoms with Gasteiger partial charge in [0.1, 0.15) is 0 Å². The molecule has 1 saturated heterocycles. The van der Waals surface area contributed by atoms with E-state index in [9.17, 15) is 5.11 Å². The van der Waals surface area contributed by atoms with E-state index in [4.69, 9.17) is 4.74 Å². The van der Waals surface area contributed by atoms with E-state index in [2.05, 4.69) is 34.6 Å². The Bertz CT molecular complexity index is 186. The zero-order valence-electron chi connectivity index (χ0n) is 10.3. The van der Waals surface area contributed by atoms with Crippen molar-refractivity contribution in [3.8, 4) is 0 Å². The third-order valence-electron chi connectivity index (χ3n) is 3.94. The quantitative estimate of drug-likeness (QED) is 0.791. The average Bonchev–Trinajstić information content (AvgIpc) is 2.19. The molecule has 0 bridgehead atoms. The molecule has 1 rings (SSSR count). The summed E-state index contributed by atoms with van der Waals surface area (Å²) in [6.45, 7) is 12.5. The maximum absolute atomic E-state index is 9.74. The first-order chi connectivity index (χ1) is 6.49. The fraction of sp³-hybridized carbons (Fsp3) is 0.917. The number of rotatable bonds is 2. The first-order valence-corrected chi connectivity index (χ1v) is 5.61. The minimum Gasteiger partial charge on any atom is -0.368 e. The summed E-state index contributed by atoms with van der Waals surface area (Å²) in [5.41, 5.74) is 0. The Labute approximate surface area is 119 Å². The summed E-state index contributed by atoms with van der Waals surface area (Å²) in [4.78, 5) is 0. The van der Waals surface area contributed by atoms with E-state index in [0.717, 1.165) is 6.42 Å². The van der Waals surface area contributed by atoms with E-state index in [1.807, 2.05) is 0 Å². The largest absolute Gasteiger partial charge is 0.368 e. The van der Waals surface area contributed by atoms with Gasteiger partial charge in [-0.25, -0.2) is 0 Å². The fourth-order valence-corrected chi connectivity index (χ4v) is 2.26. The average molecular weight is 288 g/mol. The topological polar surface area (TPSA) is 29.5 Å². The van der Waals surface area contributed by atoms with Gasteiger partial charge >= 0.3 is 0 Å². The van der Waals surface area contributed by atoms with E-state index in [1.54, 1.807) is 0 Å². The van der Waals surface area contributed by atoms with Gasteiger partial charge in [0.2, 0.25) is 0 Å². The van der Waals surface area contributed by atoms with Crippen LogP contribution in [0.4, 0.5) is 0 Å². The number of ether oxygens (including phenoxy) is 1. The Kier molecular flexibility index (Phi) is 7.14. The molecule has 0 spiro atoms. The van der Waals surface area contributed by atoms with Crippen molar-refractivity contribution in [3.63, 3.8) is 0 Å². The molecule has 2 nitrogen and oxygen atoms in total. The molecule has 0 aromatic rings. The van der Waals surface area contributed by atoms with Gasteiger partial charge in [-0.3, -0.25) is 0 Å². The number of aliphatic hydroxyl groups is 1. The predicted octanol–water partition coefficient (Wildman–Crippen LogP) is 2.47. The van der Waals surface area contributed by atoms with Crippen molar-refractivity contribution in [2.45, 2.75) is 46.5 Å². The fourth-order valence-electron chi connectivity index (χ4n) is 2.26. The van der Waals surface area contributed by atoms with Crippen LogP contribution in [0.25, 0.3) is 0 Å². The molecule has 3 heteroatoms. The first kappa shape index (κ1) is 16.0. The summed E-state index contributed by atoms with van der Waals surface area (Å²) in [5, 5.41) is 9.74. The third-order valence-corrected chi connectivity index (χ3v) is 3.94. The number of hydrogen-bond donors (Lipinski definition) is 1. The molecule has 1 heterocycles. The second kappa shape index (κ2) is 6.68. The van der Waals surface area contributed by atoms with Crippen LogP contribution in [0.1, 0.15) is 34.1 Å². The molecule has 15 heavy (non-hydrogen) atoms. The van der Waals surface area contributed by atoms with Crippen molar-refractivity contribution in [1.29, 1.82) is 0 Å². The molecule has 0 aliphatic carbocycles. The van der Waals surface area contributed by atoms with Crippen molar-refractivity contribution in [3.05, 3.63) is 6.92 Å². The van der Waals surface area contributed by atoms with Gasteiger partial charge in [-0.2, -0.15) is 6.42 Å². The Balaban J connectivity index is 0.00000196. The second-order valence-corrected chi connectivity index (χ2v) is 4.83. The minimum absolute atomic E-state index is 0. The molecule has 6 atom stereocenters. The van der Waals surface area contributed by atoms with Gasteiger partial charge in [0.05, 0.1) is 6.10 Å². The van der Waals surface area contributed by atoms with Crippen LogP contribution in [0.3, 0.4) is 0 Å². The minimum atomic E-state index is -0.597. The van der Waals surface area contributed by atoms with Crippen LogP contribution >= 0.6 is 0 Å². The van der Waals surface area contributed by atoms with Crippen LogP contribution in [-0.4, -0.2) is 17.5 Å². The Morgan fingerprint density at radius 1 is 1.20 bits per heavy atom. The van der Waals surface area contributed by atoms with E-state index < -0.39 is 6.29 Å². The van der Waals surface area contributed by atoms with Crippen molar-refractivity contribution in [2.75, 3.05) is 0 Å². The summed E-state index contributed by atoms with van der Waals surface area (Å²) in [5.74, 6) is 1.68. The zero-order valence-corrected chi connectivity index (χ0v) is 13.1. The predicted molar refractivity (Wildman–Crippen MR) is 57.5 cm³/mol. The van der Waals surface area contributed by atoms with Gasteiger partial charge in [0, 0.05) is 38.6 Å². The van der Waals surface area contributed by atoms with Gasteiger partial charge in [-0.15, -0.1) is 0 Å². The van der Waals surface area contributed by atoms with Gasteiger partial charge in [0.25, 0.3) is 0 Å². The van der Waals surface area contributed by atoms with Crippen molar-refractivity contribution in [2.24, 2.45) is 23.7 Å². The van der Waals surface area contributed by atoms with Crippen LogP contribution in [-0.2, 0) is 37.4 Å². The summed E-state index contributed by atoms with van der Waals surface area (Å²) < 4.78 is 5.65. The smallest absolute Gasteiger partial charge is 0.157 e. The Morgan fingerprint density at radius 3 is 2.20 bits per heavy atom. The van der Waals surface area contributed by atoms with E-state index >= 15 is 0 Å². The van der Waals surface area contributed by atoms with Crippen LogP contribution < -0.4 is 0 Å². The standard InChI is InChI=1S/C12H23O2.Y/c1-6-7(2)11-9(4)8(3)10(5)12(13)14-11;/h7-13H,1,6H2,2-5H3;/q-1;. The molecule has 1 aliphatic rings. The van der Waals surface area contributed by atoms with E-state index in [-0.39, 0.29) is 44.7 Å². The SMILES string of the molecule is [CH2-]CC(C)C1OC(O)C(C)C(C)C1C.[Y]. The number of hydrogen-bond acceptors (Lipinski definition) is 2. The van der Waals surface area contributed by atoms with Crippen LogP contribution in [0.15, 0.2) is 0 Å². The van der Waals surface area contributed by atoms with Crippen molar-refractivity contribution >= 4 is 0 Å². The molecule has 0 saturated carbocycles. The van der Waals surface area contributed by atoms with Crippen molar-refractivity contribution < 1.29 is 42.6 Å². The summed E-state index contributed by atoms with van der Waals surface area (Å²) in [6, 6.07) is 0. The molecule has 0 amide bonds. The van der Waals surface area contributed by atoms with Crippen LogP contribution in [0.5, 0.6) is 0 Å². The van der Waals surface area contributed by atoms with Crippen LogP contribution in [0, 0.1) is 30.6 Å². The third kappa shape index (κ3) is 3.49. The number of aliphatic hydroxyl groups excluding tert-OH is 1. The van der Waals surface area contributed by atoms with Gasteiger partial charge in [-0.05, 0) is 17.8 Å². The summed E-state index contributed by atoms with van der Waals surface area (Å²) in [7, 11) is 0. The molecule has 1 fully saturated rings. The summed E-state index contributed by atoms with van der Waals surface area (Å²) in [6.07, 6.45) is 0.428. The Morgan fingerprint density at radius 2 is 1.73 bits per heavy atom. The molecular weight excluding hydrogens is 265 g/mol. The molecule has 6 unspecified atom stereocenters. The zero-order chi connectivity index (χ0) is 10.9. The summed E-state index contributed by atoms with van der Waals surface area (Å²) >= 11 is 0. The molecule has 87 valence electrons. The maximum Gasteiger partial charge on any atom is 0.157 e. The van der Waals surface area contributed by atoms with Gasteiger partial charge < -0.3 is 16.8 Å².